The number of para-hydroxylation sites is 1. The van der Waals surface area contributed by atoms with Crippen LogP contribution >= 0.6 is 0 Å². The first-order valence-electron chi connectivity index (χ1n) is 9.06. The van der Waals surface area contributed by atoms with Crippen molar-refractivity contribution in [3.63, 3.8) is 0 Å². The molecule has 0 aromatic heterocycles. The van der Waals surface area contributed by atoms with Gasteiger partial charge in [0.2, 0.25) is 11.8 Å². The second-order valence-corrected chi connectivity index (χ2v) is 7.32. The molecule has 2 N–H and O–H groups in total. The van der Waals surface area contributed by atoms with Crippen LogP contribution in [0.4, 0.5) is 11.4 Å². The van der Waals surface area contributed by atoms with Crippen molar-refractivity contribution in [2.45, 2.75) is 47.0 Å². The minimum absolute atomic E-state index is 0.324. The molecule has 0 bridgehead atoms. The lowest BCUT2D eigenvalue weighted by molar-refractivity contribution is -0.135. The van der Waals surface area contributed by atoms with Crippen molar-refractivity contribution in [3.05, 3.63) is 59.7 Å². The number of rotatable bonds is 6. The summed E-state index contributed by atoms with van der Waals surface area (Å²) in [4.78, 5) is 25.4. The van der Waals surface area contributed by atoms with E-state index in [1.54, 1.807) is 13.8 Å². The van der Waals surface area contributed by atoms with E-state index >= 15 is 0 Å². The number of amides is 2. The van der Waals surface area contributed by atoms with Gasteiger partial charge in [-0.3, -0.25) is 9.59 Å². The molecule has 2 aromatic carbocycles. The number of aryl methyl sites for hydroxylation is 1. The summed E-state index contributed by atoms with van der Waals surface area (Å²) in [5.41, 5.74) is 2.49. The predicted octanol–water partition coefficient (Wildman–Crippen LogP) is 4.98. The van der Waals surface area contributed by atoms with E-state index in [9.17, 15) is 9.59 Å². The minimum atomic E-state index is -1.20. The second-order valence-electron chi connectivity index (χ2n) is 7.32. The Morgan fingerprint density at radius 2 is 1.50 bits per heavy atom. The number of anilines is 2. The molecule has 0 fully saturated rings. The Bertz CT molecular complexity index is 777. The molecule has 2 aromatic rings. The molecule has 4 heteroatoms. The molecule has 0 radical (unpaired) electrons. The van der Waals surface area contributed by atoms with Gasteiger partial charge in [0.15, 0.2) is 0 Å². The van der Waals surface area contributed by atoms with Gasteiger partial charge in [0.1, 0.15) is 5.41 Å². The van der Waals surface area contributed by atoms with Crippen molar-refractivity contribution in [1.29, 1.82) is 0 Å². The van der Waals surface area contributed by atoms with Crippen LogP contribution in [0.3, 0.4) is 0 Å². The van der Waals surface area contributed by atoms with Gasteiger partial charge in [0.05, 0.1) is 0 Å². The Labute approximate surface area is 156 Å². The fourth-order valence-corrected chi connectivity index (χ4v) is 2.57. The number of carbonyl (C=O) groups excluding carboxylic acids is 2. The average molecular weight is 352 g/mol. The van der Waals surface area contributed by atoms with E-state index < -0.39 is 5.41 Å². The number of carbonyl (C=O) groups is 2. The molecular formula is C22H28N2O2. The van der Waals surface area contributed by atoms with Gasteiger partial charge in [-0.15, -0.1) is 0 Å². The molecule has 0 aliphatic heterocycles. The van der Waals surface area contributed by atoms with E-state index in [2.05, 4.69) is 24.5 Å². The fourth-order valence-electron chi connectivity index (χ4n) is 2.57. The third kappa shape index (κ3) is 4.51. The normalized spacial score (nSPS) is 11.3. The summed E-state index contributed by atoms with van der Waals surface area (Å²) in [5, 5.41) is 5.74. The SMILES string of the molecule is CCc1ccccc1NC(=O)C(C)(C)C(=O)Nc1ccc(C(C)C)cc1. The zero-order valence-corrected chi connectivity index (χ0v) is 16.2. The Kier molecular flexibility index (Phi) is 6.19. The molecule has 2 rings (SSSR count). The molecule has 2 amide bonds. The maximum Gasteiger partial charge on any atom is 0.239 e. The van der Waals surface area contributed by atoms with Gasteiger partial charge < -0.3 is 10.6 Å². The summed E-state index contributed by atoms with van der Waals surface area (Å²) in [6, 6.07) is 15.4. The van der Waals surface area contributed by atoms with Crippen molar-refractivity contribution >= 4 is 23.2 Å². The first kappa shape index (κ1) is 19.7. The summed E-state index contributed by atoms with van der Waals surface area (Å²) in [7, 11) is 0. The molecule has 0 unspecified atom stereocenters. The van der Waals surface area contributed by atoms with Crippen molar-refractivity contribution in [2.24, 2.45) is 5.41 Å². The molecule has 0 atom stereocenters. The van der Waals surface area contributed by atoms with Crippen LogP contribution in [0.2, 0.25) is 0 Å². The van der Waals surface area contributed by atoms with Gasteiger partial charge in [-0.05, 0) is 55.5 Å². The zero-order chi connectivity index (χ0) is 19.3. The van der Waals surface area contributed by atoms with Gasteiger partial charge >= 0.3 is 0 Å². The maximum absolute atomic E-state index is 12.7. The van der Waals surface area contributed by atoms with Crippen molar-refractivity contribution in [2.75, 3.05) is 10.6 Å². The third-order valence-electron chi connectivity index (χ3n) is 4.62. The molecule has 4 nitrogen and oxygen atoms in total. The molecule has 0 saturated heterocycles. The van der Waals surface area contributed by atoms with Crippen LogP contribution in [0.15, 0.2) is 48.5 Å². The van der Waals surface area contributed by atoms with Gasteiger partial charge in [0, 0.05) is 11.4 Å². The lowest BCUT2D eigenvalue weighted by atomic mass is 9.90. The highest BCUT2D eigenvalue weighted by atomic mass is 16.2. The Morgan fingerprint density at radius 3 is 2.08 bits per heavy atom. The van der Waals surface area contributed by atoms with Crippen LogP contribution < -0.4 is 10.6 Å². The number of nitrogens with one attached hydrogen (secondary N) is 2. The van der Waals surface area contributed by atoms with E-state index in [0.717, 1.165) is 17.7 Å². The molecule has 0 heterocycles. The topological polar surface area (TPSA) is 58.2 Å². The van der Waals surface area contributed by atoms with Crippen molar-refractivity contribution in [3.8, 4) is 0 Å². The minimum Gasteiger partial charge on any atom is -0.325 e. The van der Waals surface area contributed by atoms with Crippen molar-refractivity contribution < 1.29 is 9.59 Å². The molecule has 0 aliphatic rings. The van der Waals surface area contributed by atoms with E-state index in [1.807, 2.05) is 55.5 Å². The molecular weight excluding hydrogens is 324 g/mol. The van der Waals surface area contributed by atoms with Gasteiger partial charge in [-0.1, -0.05) is 51.1 Å². The number of hydrogen-bond acceptors (Lipinski definition) is 2. The highest BCUT2D eigenvalue weighted by Crippen LogP contribution is 2.24. The highest BCUT2D eigenvalue weighted by Gasteiger charge is 2.36. The smallest absolute Gasteiger partial charge is 0.239 e. The van der Waals surface area contributed by atoms with E-state index in [0.29, 0.717) is 11.6 Å². The third-order valence-corrected chi connectivity index (χ3v) is 4.62. The Morgan fingerprint density at radius 1 is 0.923 bits per heavy atom. The molecule has 138 valence electrons. The monoisotopic (exact) mass is 352 g/mol. The van der Waals surface area contributed by atoms with Gasteiger partial charge in [-0.25, -0.2) is 0 Å². The van der Waals surface area contributed by atoms with Crippen LogP contribution in [0.5, 0.6) is 0 Å². The second kappa shape index (κ2) is 8.17. The molecule has 0 spiro atoms. The van der Waals surface area contributed by atoms with E-state index in [4.69, 9.17) is 0 Å². The zero-order valence-electron chi connectivity index (χ0n) is 16.2. The van der Waals surface area contributed by atoms with Crippen LogP contribution in [-0.4, -0.2) is 11.8 Å². The number of hydrogen-bond donors (Lipinski definition) is 2. The van der Waals surface area contributed by atoms with Gasteiger partial charge in [-0.2, -0.15) is 0 Å². The van der Waals surface area contributed by atoms with Crippen molar-refractivity contribution in [1.82, 2.24) is 0 Å². The molecule has 26 heavy (non-hydrogen) atoms. The molecule has 0 aliphatic carbocycles. The summed E-state index contributed by atoms with van der Waals surface area (Å²) in [6.07, 6.45) is 0.811. The fraction of sp³-hybridized carbons (Fsp3) is 0.364. The molecule has 0 saturated carbocycles. The van der Waals surface area contributed by atoms with Crippen LogP contribution in [0, 0.1) is 5.41 Å². The predicted molar refractivity (Wildman–Crippen MR) is 107 cm³/mol. The van der Waals surface area contributed by atoms with E-state index in [-0.39, 0.29) is 11.8 Å². The quantitative estimate of drug-likeness (QED) is 0.721. The lowest BCUT2D eigenvalue weighted by Gasteiger charge is -2.23. The first-order chi connectivity index (χ1) is 12.3. The Balaban J connectivity index is 2.09. The summed E-state index contributed by atoms with van der Waals surface area (Å²) < 4.78 is 0. The van der Waals surface area contributed by atoms with Crippen LogP contribution in [-0.2, 0) is 16.0 Å². The highest BCUT2D eigenvalue weighted by molar-refractivity contribution is 6.14. The lowest BCUT2D eigenvalue weighted by Crippen LogP contribution is -2.41. The standard InChI is InChI=1S/C22H28N2O2/c1-6-16-9-7-8-10-19(16)24-21(26)22(4,5)20(25)23-18-13-11-17(12-14-18)15(2)3/h7-15H,6H2,1-5H3,(H,23,25)(H,24,26). The van der Waals surface area contributed by atoms with E-state index in [1.165, 1.54) is 5.56 Å². The van der Waals surface area contributed by atoms with Gasteiger partial charge in [0.25, 0.3) is 0 Å². The number of benzene rings is 2. The Hall–Kier alpha value is -2.62. The largest absolute Gasteiger partial charge is 0.325 e. The maximum atomic E-state index is 12.7. The van der Waals surface area contributed by atoms with Crippen LogP contribution in [0.25, 0.3) is 0 Å². The van der Waals surface area contributed by atoms with Crippen LogP contribution in [0.1, 0.15) is 51.7 Å². The summed E-state index contributed by atoms with van der Waals surface area (Å²) >= 11 is 0. The summed E-state index contributed by atoms with van der Waals surface area (Å²) in [5.74, 6) is -0.225. The average Bonchev–Trinajstić information content (AvgIpc) is 2.62. The first-order valence-corrected chi connectivity index (χ1v) is 9.06. The summed E-state index contributed by atoms with van der Waals surface area (Å²) in [6.45, 7) is 9.54.